The molecule has 1 saturated heterocycles. The van der Waals surface area contributed by atoms with Crippen molar-refractivity contribution >= 4 is 5.97 Å². The summed E-state index contributed by atoms with van der Waals surface area (Å²) in [7, 11) is 0. The number of carboxylic acids is 1. The molecule has 0 unspecified atom stereocenters. The van der Waals surface area contributed by atoms with Crippen molar-refractivity contribution in [3.63, 3.8) is 0 Å². The van der Waals surface area contributed by atoms with E-state index in [2.05, 4.69) is 4.90 Å². The predicted molar refractivity (Wildman–Crippen MR) is 81.3 cm³/mol. The molecule has 1 aromatic carbocycles. The average Bonchev–Trinajstić information content (AvgIpc) is 2.49. The maximum absolute atomic E-state index is 11.0. The maximum Gasteiger partial charge on any atom is 0.325 e. The first-order valence-electron chi connectivity index (χ1n) is 7.58. The predicted octanol–water partition coefficient (Wildman–Crippen LogP) is 2.16. The number of hydrogen-bond acceptors (Lipinski definition) is 4. The normalized spacial score (nSPS) is 17.4. The number of benzene rings is 1. The minimum atomic E-state index is -1.01. The van der Waals surface area contributed by atoms with Crippen LogP contribution in [-0.4, -0.2) is 35.7 Å². The van der Waals surface area contributed by atoms with Crippen LogP contribution in [0.4, 0.5) is 0 Å². The molecule has 1 atom stereocenters. The molecule has 0 radical (unpaired) electrons. The van der Waals surface area contributed by atoms with E-state index in [9.17, 15) is 4.79 Å². The van der Waals surface area contributed by atoms with Crippen molar-refractivity contribution < 1.29 is 14.6 Å². The third-order valence-corrected chi connectivity index (χ3v) is 3.85. The molecular weight excluding hydrogens is 268 g/mol. The van der Waals surface area contributed by atoms with E-state index in [1.54, 1.807) is 6.07 Å². The summed E-state index contributed by atoms with van der Waals surface area (Å²) in [5.74, 6) is -0.188. The minimum absolute atomic E-state index is 0.595. The second-order valence-corrected chi connectivity index (χ2v) is 5.45. The van der Waals surface area contributed by atoms with E-state index in [0.717, 1.165) is 30.9 Å². The molecule has 0 bridgehead atoms. The van der Waals surface area contributed by atoms with Crippen LogP contribution < -0.4 is 10.5 Å². The molecule has 0 aromatic heterocycles. The highest BCUT2D eigenvalue weighted by molar-refractivity contribution is 5.75. The lowest BCUT2D eigenvalue weighted by Crippen LogP contribution is -2.29. The minimum Gasteiger partial charge on any atom is -0.494 e. The molecule has 5 nitrogen and oxygen atoms in total. The Morgan fingerprint density at radius 3 is 2.71 bits per heavy atom. The molecule has 1 heterocycles. The van der Waals surface area contributed by atoms with Gasteiger partial charge in [0.25, 0.3) is 0 Å². The highest BCUT2D eigenvalue weighted by Gasteiger charge is 2.18. The van der Waals surface area contributed by atoms with Gasteiger partial charge >= 0.3 is 5.97 Å². The molecule has 0 saturated carbocycles. The van der Waals surface area contributed by atoms with Gasteiger partial charge in [-0.3, -0.25) is 9.69 Å². The van der Waals surface area contributed by atoms with Gasteiger partial charge in [0.2, 0.25) is 0 Å². The second-order valence-electron chi connectivity index (χ2n) is 5.45. The Bertz CT molecular complexity index is 484. The number of nitrogens with zero attached hydrogens (tertiary/aromatic N) is 1. The number of carbonyl (C=O) groups is 1. The number of ether oxygens (including phenoxy) is 1. The summed E-state index contributed by atoms with van der Waals surface area (Å²) in [5, 5.41) is 9.05. The summed E-state index contributed by atoms with van der Waals surface area (Å²) in [6, 6.07) is 4.46. The molecule has 0 amide bonds. The highest BCUT2D eigenvalue weighted by Crippen LogP contribution is 2.25. The molecule has 5 heteroatoms. The van der Waals surface area contributed by atoms with Crippen molar-refractivity contribution in [2.75, 3.05) is 19.7 Å². The molecule has 21 heavy (non-hydrogen) atoms. The molecule has 3 N–H and O–H groups in total. The lowest BCUT2D eigenvalue weighted by molar-refractivity contribution is -0.138. The molecule has 116 valence electrons. The van der Waals surface area contributed by atoms with E-state index in [0.29, 0.717) is 12.2 Å². The van der Waals surface area contributed by atoms with Gasteiger partial charge < -0.3 is 15.6 Å². The van der Waals surface area contributed by atoms with Crippen LogP contribution in [0, 0.1) is 0 Å². The Kier molecular flexibility index (Phi) is 5.59. The fourth-order valence-electron chi connectivity index (χ4n) is 2.71. The maximum atomic E-state index is 11.0. The summed E-state index contributed by atoms with van der Waals surface area (Å²) >= 11 is 0. The van der Waals surface area contributed by atoms with E-state index in [1.165, 1.54) is 19.3 Å². The Labute approximate surface area is 125 Å². The Morgan fingerprint density at radius 2 is 2.10 bits per heavy atom. The zero-order valence-electron chi connectivity index (χ0n) is 12.5. The quantitative estimate of drug-likeness (QED) is 0.840. The van der Waals surface area contributed by atoms with Gasteiger partial charge in [-0.1, -0.05) is 12.5 Å². The van der Waals surface area contributed by atoms with Crippen LogP contribution >= 0.6 is 0 Å². The SMILES string of the molecule is CCOc1ccc([C@H](N)C(=O)O)cc1CN1CCCCC1. The highest BCUT2D eigenvalue weighted by atomic mass is 16.5. The molecular formula is C16H24N2O3. The van der Waals surface area contributed by atoms with Gasteiger partial charge in [-0.15, -0.1) is 0 Å². The number of carboxylic acid groups (broad SMARTS) is 1. The number of hydrogen-bond donors (Lipinski definition) is 2. The van der Waals surface area contributed by atoms with Crippen molar-refractivity contribution in [2.24, 2.45) is 5.73 Å². The Hall–Kier alpha value is -1.59. The van der Waals surface area contributed by atoms with Crippen molar-refractivity contribution in [3.05, 3.63) is 29.3 Å². The molecule has 0 aliphatic carbocycles. The number of piperidine rings is 1. The Morgan fingerprint density at radius 1 is 1.38 bits per heavy atom. The number of nitrogens with two attached hydrogens (primary N) is 1. The largest absolute Gasteiger partial charge is 0.494 e. The topological polar surface area (TPSA) is 75.8 Å². The summed E-state index contributed by atoms with van der Waals surface area (Å²) in [4.78, 5) is 13.4. The summed E-state index contributed by atoms with van der Waals surface area (Å²) in [6.07, 6.45) is 3.73. The third-order valence-electron chi connectivity index (χ3n) is 3.85. The van der Waals surface area contributed by atoms with E-state index < -0.39 is 12.0 Å². The lowest BCUT2D eigenvalue weighted by atomic mass is 10.0. The van der Waals surface area contributed by atoms with Gasteiger partial charge in [-0.05, 0) is 50.6 Å². The van der Waals surface area contributed by atoms with Crippen molar-refractivity contribution in [3.8, 4) is 5.75 Å². The van der Waals surface area contributed by atoms with E-state index in [4.69, 9.17) is 15.6 Å². The van der Waals surface area contributed by atoms with Gasteiger partial charge in [0, 0.05) is 12.1 Å². The molecule has 1 aliphatic rings. The molecule has 1 aromatic rings. The van der Waals surface area contributed by atoms with Crippen LogP contribution in [0.15, 0.2) is 18.2 Å². The number of likely N-dealkylation sites (tertiary alicyclic amines) is 1. The fraction of sp³-hybridized carbons (Fsp3) is 0.562. The zero-order valence-corrected chi connectivity index (χ0v) is 12.5. The molecule has 0 spiro atoms. The van der Waals surface area contributed by atoms with Gasteiger partial charge in [0.1, 0.15) is 11.8 Å². The zero-order chi connectivity index (χ0) is 15.2. The summed E-state index contributed by atoms with van der Waals surface area (Å²) in [6.45, 7) is 5.50. The molecule has 1 fully saturated rings. The smallest absolute Gasteiger partial charge is 0.325 e. The van der Waals surface area contributed by atoms with Crippen LogP contribution in [0.5, 0.6) is 5.75 Å². The van der Waals surface area contributed by atoms with Crippen LogP contribution in [0.2, 0.25) is 0 Å². The van der Waals surface area contributed by atoms with Crippen LogP contribution in [0.1, 0.15) is 43.4 Å². The van der Waals surface area contributed by atoms with Gasteiger partial charge in [-0.25, -0.2) is 0 Å². The van der Waals surface area contributed by atoms with Crippen LogP contribution in [-0.2, 0) is 11.3 Å². The summed E-state index contributed by atoms with van der Waals surface area (Å²) < 4.78 is 5.66. The fourth-order valence-corrected chi connectivity index (χ4v) is 2.71. The first-order valence-corrected chi connectivity index (χ1v) is 7.58. The first kappa shape index (κ1) is 15.8. The molecule has 2 rings (SSSR count). The van der Waals surface area contributed by atoms with Crippen LogP contribution in [0.3, 0.4) is 0 Å². The standard InChI is InChI=1S/C16H24N2O3/c1-2-21-14-7-6-12(15(17)16(19)20)10-13(14)11-18-8-4-3-5-9-18/h6-7,10,15H,2-5,8-9,11,17H2,1H3,(H,19,20)/t15-/m0/s1. The van der Waals surface area contributed by atoms with Gasteiger partial charge in [-0.2, -0.15) is 0 Å². The lowest BCUT2D eigenvalue weighted by Gasteiger charge is -2.27. The van der Waals surface area contributed by atoms with E-state index >= 15 is 0 Å². The Balaban J connectivity index is 2.21. The van der Waals surface area contributed by atoms with Gasteiger partial charge in [0.05, 0.1) is 6.61 Å². The monoisotopic (exact) mass is 292 g/mol. The molecule has 1 aliphatic heterocycles. The van der Waals surface area contributed by atoms with E-state index in [1.807, 2.05) is 19.1 Å². The summed E-state index contributed by atoms with van der Waals surface area (Å²) in [5.41, 5.74) is 7.35. The van der Waals surface area contributed by atoms with Crippen molar-refractivity contribution in [1.82, 2.24) is 4.90 Å². The number of rotatable bonds is 6. The number of aliphatic carboxylic acids is 1. The van der Waals surface area contributed by atoms with Crippen LogP contribution in [0.25, 0.3) is 0 Å². The third kappa shape index (κ3) is 4.19. The average molecular weight is 292 g/mol. The first-order chi connectivity index (χ1) is 10.1. The second kappa shape index (κ2) is 7.43. The van der Waals surface area contributed by atoms with Gasteiger partial charge in [0.15, 0.2) is 0 Å². The van der Waals surface area contributed by atoms with Crippen molar-refractivity contribution in [1.29, 1.82) is 0 Å². The van der Waals surface area contributed by atoms with E-state index in [-0.39, 0.29) is 0 Å². The van der Waals surface area contributed by atoms with Crippen molar-refractivity contribution in [2.45, 2.75) is 38.8 Å².